The first-order chi connectivity index (χ1) is 13.1. The number of nitrogens with one attached hydrogen (secondary N) is 2. The van der Waals surface area contributed by atoms with Gasteiger partial charge in [-0.2, -0.15) is 0 Å². The van der Waals surface area contributed by atoms with Gasteiger partial charge in [0, 0.05) is 30.8 Å². The maximum atomic E-state index is 12.2. The summed E-state index contributed by atoms with van der Waals surface area (Å²) in [7, 11) is 4.67. The Hall–Kier alpha value is -3.09. The molecular weight excluding hydrogens is 348 g/mol. The van der Waals surface area contributed by atoms with E-state index < -0.39 is 0 Å². The van der Waals surface area contributed by atoms with Gasteiger partial charge in [0.2, 0.25) is 11.7 Å². The molecule has 0 unspecified atom stereocenters. The molecule has 2 N–H and O–H groups in total. The molecular formula is C20H26N2O5. The lowest BCUT2D eigenvalue weighted by molar-refractivity contribution is -0.116. The molecule has 0 aliphatic carbocycles. The molecule has 0 bridgehead atoms. The number of carbonyl (C=O) groups excluding carboxylic acids is 1. The summed E-state index contributed by atoms with van der Waals surface area (Å²) in [6, 6.07) is 11.0. The lowest BCUT2D eigenvalue weighted by Crippen LogP contribution is -2.17. The summed E-state index contributed by atoms with van der Waals surface area (Å²) in [6.45, 7) is 2.89. The van der Waals surface area contributed by atoms with E-state index in [4.69, 9.17) is 18.9 Å². The van der Waals surface area contributed by atoms with Gasteiger partial charge in [-0.25, -0.2) is 0 Å². The molecule has 7 heteroatoms. The number of hydrogen-bond acceptors (Lipinski definition) is 6. The molecule has 146 valence electrons. The molecule has 0 spiro atoms. The lowest BCUT2D eigenvalue weighted by atomic mass is 10.2. The van der Waals surface area contributed by atoms with E-state index in [0.717, 1.165) is 5.69 Å². The summed E-state index contributed by atoms with van der Waals surface area (Å²) in [5.74, 6) is 2.17. The normalized spacial score (nSPS) is 10.1. The zero-order valence-electron chi connectivity index (χ0n) is 16.1. The summed E-state index contributed by atoms with van der Waals surface area (Å²) >= 11 is 0. The molecule has 0 aliphatic heterocycles. The average Bonchev–Trinajstić information content (AvgIpc) is 2.68. The van der Waals surface area contributed by atoms with Crippen LogP contribution in [0.1, 0.15) is 13.3 Å². The number of amides is 1. The van der Waals surface area contributed by atoms with Crippen molar-refractivity contribution < 1.29 is 23.7 Å². The van der Waals surface area contributed by atoms with E-state index in [9.17, 15) is 4.79 Å². The van der Waals surface area contributed by atoms with Gasteiger partial charge in [0.1, 0.15) is 5.75 Å². The van der Waals surface area contributed by atoms with Gasteiger partial charge in [-0.15, -0.1) is 0 Å². The molecule has 1 amide bonds. The molecule has 2 aromatic rings. The summed E-state index contributed by atoms with van der Waals surface area (Å²) in [5, 5.41) is 6.07. The summed E-state index contributed by atoms with van der Waals surface area (Å²) in [6.07, 6.45) is 0.289. The highest BCUT2D eigenvalue weighted by Crippen LogP contribution is 2.39. The first kappa shape index (κ1) is 20.2. The van der Waals surface area contributed by atoms with Crippen molar-refractivity contribution in [2.45, 2.75) is 13.3 Å². The molecule has 0 saturated carbocycles. The fourth-order valence-electron chi connectivity index (χ4n) is 2.57. The highest BCUT2D eigenvalue weighted by atomic mass is 16.5. The summed E-state index contributed by atoms with van der Waals surface area (Å²) < 4.78 is 21.5. The number of methoxy groups -OCH3 is 3. The Kier molecular flexibility index (Phi) is 7.61. The quantitative estimate of drug-likeness (QED) is 0.662. The zero-order chi connectivity index (χ0) is 19.6. The molecule has 2 rings (SSSR count). The van der Waals surface area contributed by atoms with Crippen LogP contribution < -0.4 is 29.6 Å². The Morgan fingerprint density at radius 1 is 0.963 bits per heavy atom. The van der Waals surface area contributed by atoms with Gasteiger partial charge in [0.05, 0.1) is 33.6 Å². The number of benzene rings is 2. The Morgan fingerprint density at radius 3 is 2.22 bits per heavy atom. The Labute approximate surface area is 159 Å². The molecule has 0 aliphatic rings. The molecule has 0 fully saturated rings. The SMILES string of the molecule is CCOc1ccccc1NC(=O)CCNc1cc(OC)c(OC)c(OC)c1. The van der Waals surface area contributed by atoms with E-state index in [-0.39, 0.29) is 12.3 Å². The van der Waals surface area contributed by atoms with Crippen LogP contribution in [0.2, 0.25) is 0 Å². The molecule has 0 atom stereocenters. The zero-order valence-corrected chi connectivity index (χ0v) is 16.1. The van der Waals surface area contributed by atoms with Crippen molar-refractivity contribution in [1.29, 1.82) is 0 Å². The lowest BCUT2D eigenvalue weighted by Gasteiger charge is -2.15. The van der Waals surface area contributed by atoms with Crippen LogP contribution in [0.5, 0.6) is 23.0 Å². The van der Waals surface area contributed by atoms with Crippen molar-refractivity contribution in [3.8, 4) is 23.0 Å². The predicted molar refractivity (Wildman–Crippen MR) is 105 cm³/mol. The first-order valence-electron chi connectivity index (χ1n) is 8.68. The minimum atomic E-state index is -0.109. The van der Waals surface area contributed by atoms with Crippen LogP contribution in [0.25, 0.3) is 0 Å². The maximum absolute atomic E-state index is 12.2. The van der Waals surface area contributed by atoms with Crippen LogP contribution in [0.4, 0.5) is 11.4 Å². The molecule has 7 nitrogen and oxygen atoms in total. The Balaban J connectivity index is 1.95. The fourth-order valence-corrected chi connectivity index (χ4v) is 2.57. The van der Waals surface area contributed by atoms with Crippen LogP contribution >= 0.6 is 0 Å². The van der Waals surface area contributed by atoms with Gasteiger partial charge in [0.25, 0.3) is 0 Å². The van der Waals surface area contributed by atoms with E-state index in [1.807, 2.05) is 31.2 Å². The number of anilines is 2. The minimum Gasteiger partial charge on any atom is -0.493 e. The summed E-state index contributed by atoms with van der Waals surface area (Å²) in [4.78, 5) is 12.2. The van der Waals surface area contributed by atoms with Crippen molar-refractivity contribution in [1.82, 2.24) is 0 Å². The first-order valence-corrected chi connectivity index (χ1v) is 8.68. The smallest absolute Gasteiger partial charge is 0.226 e. The van der Waals surface area contributed by atoms with E-state index in [0.29, 0.717) is 41.8 Å². The number of carbonyl (C=O) groups is 1. The molecule has 0 radical (unpaired) electrons. The van der Waals surface area contributed by atoms with Crippen LogP contribution in [-0.2, 0) is 4.79 Å². The second-order valence-corrected chi connectivity index (χ2v) is 5.57. The van der Waals surface area contributed by atoms with Gasteiger partial charge in [0.15, 0.2) is 11.5 Å². The van der Waals surface area contributed by atoms with E-state index in [2.05, 4.69) is 10.6 Å². The number of ether oxygens (including phenoxy) is 4. The molecule has 0 aromatic heterocycles. The van der Waals surface area contributed by atoms with Crippen LogP contribution in [-0.4, -0.2) is 40.4 Å². The minimum absolute atomic E-state index is 0.109. The van der Waals surface area contributed by atoms with Crippen LogP contribution in [0, 0.1) is 0 Å². The van der Waals surface area contributed by atoms with Crippen molar-refractivity contribution in [2.75, 3.05) is 45.1 Å². The average molecular weight is 374 g/mol. The Morgan fingerprint density at radius 2 is 1.63 bits per heavy atom. The second-order valence-electron chi connectivity index (χ2n) is 5.57. The largest absolute Gasteiger partial charge is 0.493 e. The van der Waals surface area contributed by atoms with Crippen molar-refractivity contribution >= 4 is 17.3 Å². The van der Waals surface area contributed by atoms with Gasteiger partial charge in [-0.1, -0.05) is 12.1 Å². The van der Waals surface area contributed by atoms with Gasteiger partial charge in [-0.3, -0.25) is 4.79 Å². The fraction of sp³-hybridized carbons (Fsp3) is 0.350. The third kappa shape index (κ3) is 5.44. The van der Waals surface area contributed by atoms with Crippen molar-refractivity contribution in [3.05, 3.63) is 36.4 Å². The third-order valence-corrected chi connectivity index (χ3v) is 3.81. The van der Waals surface area contributed by atoms with Crippen LogP contribution in [0.3, 0.4) is 0 Å². The van der Waals surface area contributed by atoms with Crippen molar-refractivity contribution in [2.24, 2.45) is 0 Å². The number of rotatable bonds is 10. The second kappa shape index (κ2) is 10.2. The molecule has 2 aromatic carbocycles. The summed E-state index contributed by atoms with van der Waals surface area (Å²) in [5.41, 5.74) is 1.43. The number of para-hydroxylation sites is 2. The van der Waals surface area contributed by atoms with Crippen LogP contribution in [0.15, 0.2) is 36.4 Å². The van der Waals surface area contributed by atoms with E-state index >= 15 is 0 Å². The third-order valence-electron chi connectivity index (χ3n) is 3.81. The van der Waals surface area contributed by atoms with Gasteiger partial charge >= 0.3 is 0 Å². The highest BCUT2D eigenvalue weighted by molar-refractivity contribution is 5.92. The topological polar surface area (TPSA) is 78.1 Å². The maximum Gasteiger partial charge on any atom is 0.226 e. The van der Waals surface area contributed by atoms with Crippen molar-refractivity contribution in [3.63, 3.8) is 0 Å². The standard InChI is InChI=1S/C20H26N2O5/c1-5-27-16-9-7-6-8-15(16)22-19(23)10-11-21-14-12-17(24-2)20(26-4)18(13-14)25-3/h6-9,12-13,21H,5,10-11H2,1-4H3,(H,22,23). The Bertz CT molecular complexity index is 739. The van der Waals surface area contributed by atoms with Gasteiger partial charge < -0.3 is 29.6 Å². The highest BCUT2D eigenvalue weighted by Gasteiger charge is 2.13. The molecule has 27 heavy (non-hydrogen) atoms. The molecule has 0 heterocycles. The van der Waals surface area contributed by atoms with E-state index in [1.165, 1.54) is 0 Å². The predicted octanol–water partition coefficient (Wildman–Crippen LogP) is 3.55. The molecule has 0 saturated heterocycles. The number of hydrogen-bond donors (Lipinski definition) is 2. The van der Waals surface area contributed by atoms with E-state index in [1.54, 1.807) is 33.5 Å². The monoisotopic (exact) mass is 374 g/mol. The van der Waals surface area contributed by atoms with Gasteiger partial charge in [-0.05, 0) is 19.1 Å².